The molecule has 0 aromatic rings. The molecule has 1 aliphatic carbocycles. The Morgan fingerprint density at radius 2 is 2.21 bits per heavy atom. The third-order valence-corrected chi connectivity index (χ3v) is 2.96. The number of hydrogen-bond donors (Lipinski definition) is 2. The molecule has 0 aromatic heterocycles. The molecule has 2 fully saturated rings. The zero-order valence-electron chi connectivity index (χ0n) is 8.54. The highest BCUT2D eigenvalue weighted by atomic mass is 16.2. The van der Waals surface area contributed by atoms with E-state index >= 15 is 0 Å². The van der Waals surface area contributed by atoms with E-state index in [-0.39, 0.29) is 11.9 Å². The van der Waals surface area contributed by atoms with Gasteiger partial charge in [0.2, 0.25) is 5.91 Å². The van der Waals surface area contributed by atoms with Crippen LogP contribution in [0, 0.1) is 5.92 Å². The zero-order valence-corrected chi connectivity index (χ0v) is 8.54. The molecule has 1 saturated heterocycles. The molecule has 1 unspecified atom stereocenters. The van der Waals surface area contributed by atoms with Gasteiger partial charge >= 0.3 is 0 Å². The topological polar surface area (TPSA) is 58.4 Å². The van der Waals surface area contributed by atoms with E-state index < -0.39 is 0 Å². The predicted octanol–water partition coefficient (Wildman–Crippen LogP) is -0.454. The van der Waals surface area contributed by atoms with Gasteiger partial charge in [-0.05, 0) is 25.2 Å². The van der Waals surface area contributed by atoms with Gasteiger partial charge in [0.1, 0.15) is 0 Å². The molecule has 4 nitrogen and oxygen atoms in total. The highest BCUT2D eigenvalue weighted by Crippen LogP contribution is 2.27. The van der Waals surface area contributed by atoms with Crippen LogP contribution in [0.5, 0.6) is 0 Å². The maximum Gasteiger partial charge on any atom is 0.234 e. The third-order valence-electron chi connectivity index (χ3n) is 2.96. The van der Waals surface area contributed by atoms with Gasteiger partial charge in [0.15, 0.2) is 0 Å². The molecule has 0 bridgehead atoms. The van der Waals surface area contributed by atoms with Crippen LogP contribution in [0.25, 0.3) is 0 Å². The maximum atomic E-state index is 11.4. The number of hydrogen-bond acceptors (Lipinski definition) is 3. The largest absolute Gasteiger partial charge is 0.355 e. The lowest BCUT2D eigenvalue weighted by Crippen LogP contribution is -2.38. The van der Waals surface area contributed by atoms with Gasteiger partial charge in [0.25, 0.3) is 0 Å². The van der Waals surface area contributed by atoms with E-state index in [1.807, 2.05) is 0 Å². The minimum absolute atomic E-state index is 0.158. The van der Waals surface area contributed by atoms with Crippen LogP contribution in [0.2, 0.25) is 0 Å². The summed E-state index contributed by atoms with van der Waals surface area (Å²) in [5, 5.41) is 2.96. The molecule has 14 heavy (non-hydrogen) atoms. The molecule has 0 radical (unpaired) electrons. The highest BCUT2D eigenvalue weighted by Gasteiger charge is 2.23. The Bertz CT molecular complexity index is 215. The predicted molar refractivity (Wildman–Crippen MR) is 54.8 cm³/mol. The number of amides is 1. The second kappa shape index (κ2) is 4.28. The van der Waals surface area contributed by atoms with Gasteiger partial charge in [-0.25, -0.2) is 0 Å². The van der Waals surface area contributed by atoms with Crippen LogP contribution in [-0.2, 0) is 4.79 Å². The molecular weight excluding hydrogens is 178 g/mol. The quantitative estimate of drug-likeness (QED) is 0.641. The average molecular weight is 197 g/mol. The Balaban J connectivity index is 1.61. The molecular formula is C10H19N3O. The zero-order chi connectivity index (χ0) is 9.97. The smallest absolute Gasteiger partial charge is 0.234 e. The molecule has 0 spiro atoms. The van der Waals surface area contributed by atoms with E-state index in [2.05, 4.69) is 10.2 Å². The second-order valence-electron chi connectivity index (χ2n) is 4.53. The molecule has 80 valence electrons. The molecule has 0 aromatic carbocycles. The minimum Gasteiger partial charge on any atom is -0.355 e. The van der Waals surface area contributed by atoms with Crippen LogP contribution in [0.4, 0.5) is 0 Å². The van der Waals surface area contributed by atoms with Gasteiger partial charge in [-0.1, -0.05) is 0 Å². The molecule has 1 atom stereocenters. The van der Waals surface area contributed by atoms with Crippen LogP contribution in [-0.4, -0.2) is 43.0 Å². The molecule has 1 amide bonds. The molecule has 1 saturated carbocycles. The van der Waals surface area contributed by atoms with Crippen molar-refractivity contribution in [1.82, 2.24) is 10.2 Å². The Kier molecular flexibility index (Phi) is 3.03. The summed E-state index contributed by atoms with van der Waals surface area (Å²) < 4.78 is 0. The van der Waals surface area contributed by atoms with E-state index in [9.17, 15) is 4.79 Å². The van der Waals surface area contributed by atoms with Crippen molar-refractivity contribution in [1.29, 1.82) is 0 Å². The van der Waals surface area contributed by atoms with Crippen molar-refractivity contribution in [2.24, 2.45) is 11.7 Å². The first-order chi connectivity index (χ1) is 6.74. The fourth-order valence-electron chi connectivity index (χ4n) is 1.85. The fourth-order valence-corrected chi connectivity index (χ4v) is 1.85. The number of carbonyl (C=O) groups excluding carboxylic acids is 1. The van der Waals surface area contributed by atoms with E-state index in [0.717, 1.165) is 32.0 Å². The lowest BCUT2D eigenvalue weighted by Gasteiger charge is -2.14. The monoisotopic (exact) mass is 197 g/mol. The van der Waals surface area contributed by atoms with Crippen LogP contribution < -0.4 is 11.1 Å². The van der Waals surface area contributed by atoms with Gasteiger partial charge in [-0.2, -0.15) is 0 Å². The second-order valence-corrected chi connectivity index (χ2v) is 4.53. The molecule has 3 N–H and O–H groups in total. The Morgan fingerprint density at radius 1 is 1.43 bits per heavy atom. The number of likely N-dealkylation sites (tertiary alicyclic amines) is 1. The summed E-state index contributed by atoms with van der Waals surface area (Å²) in [7, 11) is 0. The van der Waals surface area contributed by atoms with Crippen LogP contribution in [0.3, 0.4) is 0 Å². The Morgan fingerprint density at radius 3 is 2.79 bits per heavy atom. The normalized spacial score (nSPS) is 27.9. The van der Waals surface area contributed by atoms with Crippen molar-refractivity contribution < 1.29 is 4.79 Å². The summed E-state index contributed by atoms with van der Waals surface area (Å²) in [5.74, 6) is 0.922. The van der Waals surface area contributed by atoms with Crippen molar-refractivity contribution in [2.45, 2.75) is 25.3 Å². The number of nitrogens with one attached hydrogen (secondary N) is 1. The number of carbonyl (C=O) groups is 1. The standard InChI is InChI=1S/C10H19N3O/c11-9-3-4-13(6-9)7-10(14)12-5-8-1-2-8/h8-9H,1-7,11H2,(H,12,14). The maximum absolute atomic E-state index is 11.4. The van der Waals surface area contributed by atoms with Gasteiger partial charge in [-0.15, -0.1) is 0 Å². The summed E-state index contributed by atoms with van der Waals surface area (Å²) in [6.45, 7) is 3.24. The van der Waals surface area contributed by atoms with Gasteiger partial charge in [0.05, 0.1) is 6.54 Å². The lowest BCUT2D eigenvalue weighted by molar-refractivity contribution is -0.122. The van der Waals surface area contributed by atoms with Crippen molar-refractivity contribution >= 4 is 5.91 Å². The first-order valence-corrected chi connectivity index (χ1v) is 5.48. The van der Waals surface area contributed by atoms with Crippen molar-refractivity contribution in [2.75, 3.05) is 26.2 Å². The van der Waals surface area contributed by atoms with E-state index in [1.54, 1.807) is 0 Å². The van der Waals surface area contributed by atoms with Crippen LogP contribution in [0.1, 0.15) is 19.3 Å². The first-order valence-electron chi connectivity index (χ1n) is 5.48. The van der Waals surface area contributed by atoms with Crippen LogP contribution in [0.15, 0.2) is 0 Å². The number of nitrogens with zero attached hydrogens (tertiary/aromatic N) is 1. The van der Waals surface area contributed by atoms with Crippen molar-refractivity contribution in [3.05, 3.63) is 0 Å². The van der Waals surface area contributed by atoms with Crippen LogP contribution >= 0.6 is 0 Å². The first kappa shape index (κ1) is 9.93. The SMILES string of the molecule is NC1CCN(CC(=O)NCC2CC2)C1. The minimum atomic E-state index is 0.158. The van der Waals surface area contributed by atoms with Gasteiger partial charge < -0.3 is 11.1 Å². The van der Waals surface area contributed by atoms with E-state index in [0.29, 0.717) is 6.54 Å². The van der Waals surface area contributed by atoms with E-state index in [1.165, 1.54) is 12.8 Å². The molecule has 1 heterocycles. The molecule has 1 aliphatic heterocycles. The molecule has 2 rings (SSSR count). The summed E-state index contributed by atoms with van der Waals surface area (Å²) >= 11 is 0. The van der Waals surface area contributed by atoms with Gasteiger partial charge in [-0.3, -0.25) is 9.69 Å². The van der Waals surface area contributed by atoms with E-state index in [4.69, 9.17) is 5.73 Å². The number of nitrogens with two attached hydrogens (primary N) is 1. The molecule has 2 aliphatic rings. The Hall–Kier alpha value is -0.610. The summed E-state index contributed by atoms with van der Waals surface area (Å²) in [4.78, 5) is 13.6. The third kappa shape index (κ3) is 2.96. The van der Waals surface area contributed by atoms with Crippen molar-refractivity contribution in [3.63, 3.8) is 0 Å². The Labute approximate surface area is 84.8 Å². The number of rotatable bonds is 4. The highest BCUT2D eigenvalue weighted by molar-refractivity contribution is 5.78. The average Bonchev–Trinajstić information content (AvgIpc) is 2.88. The lowest BCUT2D eigenvalue weighted by atomic mass is 10.3. The fraction of sp³-hybridized carbons (Fsp3) is 0.900. The van der Waals surface area contributed by atoms with Gasteiger partial charge in [0, 0.05) is 25.7 Å². The summed E-state index contributed by atoms with van der Waals surface area (Å²) in [6.07, 6.45) is 3.60. The van der Waals surface area contributed by atoms with Crippen molar-refractivity contribution in [3.8, 4) is 0 Å². The summed E-state index contributed by atoms with van der Waals surface area (Å²) in [5.41, 5.74) is 5.76. The molecule has 4 heteroatoms. The summed E-state index contributed by atoms with van der Waals surface area (Å²) in [6, 6.07) is 0.270.